The number of carbonyl (C=O) groups excluding carboxylic acids is 1. The van der Waals surface area contributed by atoms with Gasteiger partial charge < -0.3 is 9.84 Å². The number of hydrogen-bond donors (Lipinski definition) is 1. The van der Waals surface area contributed by atoms with Crippen LogP contribution >= 0.6 is 0 Å². The third kappa shape index (κ3) is 3.58. The second-order valence-electron chi connectivity index (χ2n) is 4.41. The number of Topliss-reactive ketones (excluding diaryl/α,β-unsaturated/α-hetero) is 1. The number of benzene rings is 2. The average Bonchev–Trinajstić information content (AvgIpc) is 2.40. The van der Waals surface area contributed by atoms with Crippen LogP contribution in [0.2, 0.25) is 0 Å². The van der Waals surface area contributed by atoms with Gasteiger partial charge in [-0.15, -0.1) is 0 Å². The maximum absolute atomic E-state index is 11.2. The zero-order valence-electron chi connectivity index (χ0n) is 10.8. The van der Waals surface area contributed by atoms with Gasteiger partial charge in [0, 0.05) is 12.0 Å². The second-order valence-corrected chi connectivity index (χ2v) is 4.41. The molecule has 0 radical (unpaired) electrons. The normalized spacial score (nSPS) is 10.2. The number of phenols is 1. The van der Waals surface area contributed by atoms with Gasteiger partial charge in [0.1, 0.15) is 23.9 Å². The predicted octanol–water partition coefficient (Wildman–Crippen LogP) is 3.10. The Morgan fingerprint density at radius 3 is 2.53 bits per heavy atom. The van der Waals surface area contributed by atoms with Gasteiger partial charge in [-0.3, -0.25) is 4.79 Å². The standard InChI is InChI=1S/C16H16O3/c1-12(17)10-14-15(18)8-5-9-16(14)19-11-13-6-3-2-4-7-13/h2-9,18H,10-11H2,1H3. The molecular formula is C16H16O3. The van der Waals surface area contributed by atoms with Gasteiger partial charge in [0.15, 0.2) is 0 Å². The van der Waals surface area contributed by atoms with Gasteiger partial charge in [-0.2, -0.15) is 0 Å². The topological polar surface area (TPSA) is 46.5 Å². The van der Waals surface area contributed by atoms with Gasteiger partial charge in [-0.05, 0) is 24.6 Å². The highest BCUT2D eigenvalue weighted by Gasteiger charge is 2.11. The molecule has 0 aliphatic carbocycles. The fraction of sp³-hybridized carbons (Fsp3) is 0.188. The first-order valence-electron chi connectivity index (χ1n) is 6.14. The molecule has 0 aliphatic heterocycles. The molecule has 0 saturated heterocycles. The van der Waals surface area contributed by atoms with Gasteiger partial charge in [-0.1, -0.05) is 36.4 Å². The van der Waals surface area contributed by atoms with E-state index in [1.54, 1.807) is 18.2 Å². The lowest BCUT2D eigenvalue weighted by Crippen LogP contribution is -2.02. The van der Waals surface area contributed by atoms with E-state index in [1.165, 1.54) is 6.92 Å². The Morgan fingerprint density at radius 1 is 1.11 bits per heavy atom. The molecule has 0 unspecified atom stereocenters. The van der Waals surface area contributed by atoms with Crippen LogP contribution in [0, 0.1) is 0 Å². The molecule has 3 heteroatoms. The SMILES string of the molecule is CC(=O)Cc1c(O)cccc1OCc1ccccc1. The molecule has 2 aromatic carbocycles. The minimum atomic E-state index is -0.00828. The molecule has 3 nitrogen and oxygen atoms in total. The van der Waals surface area contributed by atoms with E-state index < -0.39 is 0 Å². The summed E-state index contributed by atoms with van der Waals surface area (Å²) in [7, 11) is 0. The summed E-state index contributed by atoms with van der Waals surface area (Å²) in [5, 5.41) is 9.81. The van der Waals surface area contributed by atoms with E-state index in [9.17, 15) is 9.90 Å². The molecule has 0 bridgehead atoms. The maximum Gasteiger partial charge on any atom is 0.134 e. The quantitative estimate of drug-likeness (QED) is 0.894. The first kappa shape index (κ1) is 13.1. The maximum atomic E-state index is 11.2. The summed E-state index contributed by atoms with van der Waals surface area (Å²) in [5.74, 6) is 0.644. The molecule has 0 spiro atoms. The Hall–Kier alpha value is -2.29. The van der Waals surface area contributed by atoms with Crippen LogP contribution in [-0.4, -0.2) is 10.9 Å². The van der Waals surface area contributed by atoms with E-state index in [-0.39, 0.29) is 18.0 Å². The molecule has 0 atom stereocenters. The van der Waals surface area contributed by atoms with Crippen molar-refractivity contribution < 1.29 is 14.6 Å². The van der Waals surface area contributed by atoms with E-state index in [0.29, 0.717) is 17.9 Å². The van der Waals surface area contributed by atoms with Crippen LogP contribution in [0.1, 0.15) is 18.1 Å². The first-order chi connectivity index (χ1) is 9.16. The van der Waals surface area contributed by atoms with E-state index in [2.05, 4.69) is 0 Å². The molecule has 0 amide bonds. The molecule has 0 aromatic heterocycles. The van der Waals surface area contributed by atoms with Gasteiger partial charge in [0.25, 0.3) is 0 Å². The Labute approximate surface area is 112 Å². The zero-order chi connectivity index (χ0) is 13.7. The highest BCUT2D eigenvalue weighted by Crippen LogP contribution is 2.28. The zero-order valence-corrected chi connectivity index (χ0v) is 10.8. The number of carbonyl (C=O) groups is 1. The summed E-state index contributed by atoms with van der Waals surface area (Å²) in [4.78, 5) is 11.2. The van der Waals surface area contributed by atoms with Crippen LogP contribution in [0.5, 0.6) is 11.5 Å². The lowest BCUT2D eigenvalue weighted by atomic mass is 10.1. The second kappa shape index (κ2) is 6.05. The monoisotopic (exact) mass is 256 g/mol. The molecule has 0 heterocycles. The number of ketones is 1. The van der Waals surface area contributed by atoms with E-state index in [1.807, 2.05) is 30.3 Å². The highest BCUT2D eigenvalue weighted by molar-refractivity contribution is 5.79. The van der Waals surface area contributed by atoms with Crippen LogP contribution in [0.4, 0.5) is 0 Å². The van der Waals surface area contributed by atoms with Gasteiger partial charge in [-0.25, -0.2) is 0 Å². The summed E-state index contributed by atoms with van der Waals surface area (Å²) in [6, 6.07) is 14.8. The summed E-state index contributed by atoms with van der Waals surface area (Å²) < 4.78 is 5.69. The van der Waals surface area contributed by atoms with Crippen LogP contribution in [0.25, 0.3) is 0 Å². The molecule has 2 rings (SSSR count). The fourth-order valence-corrected chi connectivity index (χ4v) is 1.85. The van der Waals surface area contributed by atoms with Gasteiger partial charge in [0.2, 0.25) is 0 Å². The van der Waals surface area contributed by atoms with Gasteiger partial charge in [0.05, 0.1) is 0 Å². The van der Waals surface area contributed by atoms with E-state index in [4.69, 9.17) is 4.74 Å². The van der Waals surface area contributed by atoms with Crippen LogP contribution in [0.15, 0.2) is 48.5 Å². The largest absolute Gasteiger partial charge is 0.508 e. The van der Waals surface area contributed by atoms with Crippen LogP contribution in [-0.2, 0) is 17.8 Å². The van der Waals surface area contributed by atoms with Crippen molar-refractivity contribution in [2.75, 3.05) is 0 Å². The van der Waals surface area contributed by atoms with Crippen LogP contribution in [0.3, 0.4) is 0 Å². The first-order valence-corrected chi connectivity index (χ1v) is 6.14. The molecule has 0 fully saturated rings. The van der Waals surface area contributed by atoms with E-state index in [0.717, 1.165) is 5.56 Å². The number of rotatable bonds is 5. The van der Waals surface area contributed by atoms with Crippen molar-refractivity contribution in [1.29, 1.82) is 0 Å². The molecule has 0 saturated carbocycles. The van der Waals surface area contributed by atoms with Crippen molar-refractivity contribution in [3.63, 3.8) is 0 Å². The third-order valence-electron chi connectivity index (χ3n) is 2.77. The van der Waals surface area contributed by atoms with Gasteiger partial charge >= 0.3 is 0 Å². The average molecular weight is 256 g/mol. The Morgan fingerprint density at radius 2 is 1.84 bits per heavy atom. The number of ether oxygens (including phenoxy) is 1. The summed E-state index contributed by atoms with van der Waals surface area (Å²) in [6.45, 7) is 1.91. The summed E-state index contributed by atoms with van der Waals surface area (Å²) in [5.41, 5.74) is 1.59. The van der Waals surface area contributed by atoms with Crippen molar-refractivity contribution >= 4 is 5.78 Å². The fourth-order valence-electron chi connectivity index (χ4n) is 1.85. The predicted molar refractivity (Wildman–Crippen MR) is 73.3 cm³/mol. The molecule has 0 aliphatic rings. The van der Waals surface area contributed by atoms with Crippen molar-refractivity contribution in [3.05, 3.63) is 59.7 Å². The Bertz CT molecular complexity index is 561. The van der Waals surface area contributed by atoms with Crippen molar-refractivity contribution in [3.8, 4) is 11.5 Å². The Balaban J connectivity index is 2.15. The van der Waals surface area contributed by atoms with Crippen LogP contribution < -0.4 is 4.74 Å². The molecule has 19 heavy (non-hydrogen) atoms. The number of hydrogen-bond acceptors (Lipinski definition) is 3. The smallest absolute Gasteiger partial charge is 0.134 e. The summed E-state index contributed by atoms with van der Waals surface area (Å²) >= 11 is 0. The Kier molecular flexibility index (Phi) is 4.18. The van der Waals surface area contributed by atoms with E-state index >= 15 is 0 Å². The number of aromatic hydroxyl groups is 1. The van der Waals surface area contributed by atoms with Crippen molar-refractivity contribution in [2.24, 2.45) is 0 Å². The molecule has 1 N–H and O–H groups in total. The molecule has 98 valence electrons. The minimum absolute atomic E-state index is 0.00828. The van der Waals surface area contributed by atoms with Crippen molar-refractivity contribution in [2.45, 2.75) is 20.0 Å². The minimum Gasteiger partial charge on any atom is -0.508 e. The lowest BCUT2D eigenvalue weighted by molar-refractivity contribution is -0.116. The lowest BCUT2D eigenvalue weighted by Gasteiger charge is -2.12. The highest BCUT2D eigenvalue weighted by atomic mass is 16.5. The number of phenolic OH excluding ortho intramolecular Hbond substituents is 1. The third-order valence-corrected chi connectivity index (χ3v) is 2.77. The molecular weight excluding hydrogens is 240 g/mol. The van der Waals surface area contributed by atoms with Crippen molar-refractivity contribution in [1.82, 2.24) is 0 Å². The molecule has 2 aromatic rings. The summed E-state index contributed by atoms with van der Waals surface area (Å²) in [6.07, 6.45) is 0.177.